The van der Waals surface area contributed by atoms with Crippen molar-refractivity contribution in [2.75, 3.05) is 13.1 Å². The smallest absolute Gasteiger partial charge is 0.0603 e. The Bertz CT molecular complexity index is 199. The first kappa shape index (κ1) is 10.4. The summed E-state index contributed by atoms with van der Waals surface area (Å²) in [4.78, 5) is 0. The van der Waals surface area contributed by atoms with Crippen LogP contribution in [0.4, 0.5) is 0 Å². The third-order valence-electron chi connectivity index (χ3n) is 3.73. The Morgan fingerprint density at radius 3 is 2.43 bits per heavy atom. The summed E-state index contributed by atoms with van der Waals surface area (Å²) in [6, 6.07) is 0. The van der Waals surface area contributed by atoms with Crippen LogP contribution in [0, 0.1) is 11.3 Å². The van der Waals surface area contributed by atoms with E-state index < -0.39 is 5.60 Å². The van der Waals surface area contributed by atoms with E-state index in [-0.39, 0.29) is 0 Å². The largest absolute Gasteiger partial charge is 0.390 e. The van der Waals surface area contributed by atoms with Crippen molar-refractivity contribution >= 4 is 0 Å². The normalized spacial score (nSPS) is 25.1. The highest BCUT2D eigenvalue weighted by molar-refractivity contribution is 5.04. The van der Waals surface area contributed by atoms with Crippen LogP contribution in [0.15, 0.2) is 0 Å². The van der Waals surface area contributed by atoms with Gasteiger partial charge in [0.25, 0.3) is 0 Å². The highest BCUT2D eigenvalue weighted by atomic mass is 16.3. The molecule has 2 aliphatic carbocycles. The summed E-state index contributed by atoms with van der Waals surface area (Å²) in [5.41, 5.74) is 0.183. The minimum absolute atomic E-state index is 0.511. The number of hydrogen-bond acceptors (Lipinski definition) is 2. The monoisotopic (exact) mass is 197 g/mol. The van der Waals surface area contributed by atoms with Gasteiger partial charge in [0, 0.05) is 6.54 Å². The molecule has 0 aliphatic heterocycles. The van der Waals surface area contributed by atoms with Gasteiger partial charge < -0.3 is 10.4 Å². The first-order valence-electron chi connectivity index (χ1n) is 5.95. The first-order chi connectivity index (χ1) is 6.52. The van der Waals surface area contributed by atoms with Crippen LogP contribution in [0.3, 0.4) is 0 Å². The van der Waals surface area contributed by atoms with Crippen LogP contribution in [-0.2, 0) is 0 Å². The summed E-state index contributed by atoms with van der Waals surface area (Å²) >= 11 is 0. The molecule has 0 amide bonds. The van der Waals surface area contributed by atoms with Crippen molar-refractivity contribution < 1.29 is 5.11 Å². The van der Waals surface area contributed by atoms with E-state index in [1.165, 1.54) is 32.2 Å². The molecule has 2 nitrogen and oxygen atoms in total. The van der Waals surface area contributed by atoms with Crippen LogP contribution in [-0.4, -0.2) is 23.8 Å². The molecule has 2 saturated carbocycles. The summed E-state index contributed by atoms with van der Waals surface area (Å²) in [5, 5.41) is 13.1. The Balaban J connectivity index is 1.59. The molecule has 0 aromatic carbocycles. The van der Waals surface area contributed by atoms with Gasteiger partial charge in [-0.25, -0.2) is 0 Å². The lowest BCUT2D eigenvalue weighted by Crippen LogP contribution is -2.31. The van der Waals surface area contributed by atoms with Crippen molar-refractivity contribution in [1.82, 2.24) is 5.32 Å². The van der Waals surface area contributed by atoms with Crippen molar-refractivity contribution in [3.8, 4) is 0 Å². The van der Waals surface area contributed by atoms with Crippen LogP contribution in [0.1, 0.15) is 46.0 Å². The summed E-state index contributed by atoms with van der Waals surface area (Å²) < 4.78 is 0. The van der Waals surface area contributed by atoms with Crippen molar-refractivity contribution in [3.63, 3.8) is 0 Å². The topological polar surface area (TPSA) is 32.3 Å². The second kappa shape index (κ2) is 3.49. The molecular formula is C12H23NO. The Morgan fingerprint density at radius 2 is 2.00 bits per heavy atom. The molecular weight excluding hydrogens is 174 g/mol. The van der Waals surface area contributed by atoms with Gasteiger partial charge in [-0.2, -0.15) is 0 Å². The molecule has 0 spiro atoms. The predicted molar refractivity (Wildman–Crippen MR) is 58.2 cm³/mol. The summed E-state index contributed by atoms with van der Waals surface area (Å²) in [7, 11) is 0. The van der Waals surface area contributed by atoms with E-state index in [0.29, 0.717) is 5.41 Å². The van der Waals surface area contributed by atoms with Gasteiger partial charge in [0.05, 0.1) is 5.60 Å². The molecule has 2 aliphatic rings. The van der Waals surface area contributed by atoms with Gasteiger partial charge in [-0.15, -0.1) is 0 Å². The standard InChI is InChI=1S/C12H23NO/c1-11(2,14)7-8-13-9-12(5-6-12)10-3-4-10/h10,13-14H,3-9H2,1-2H3. The molecule has 0 atom stereocenters. The third-order valence-corrected chi connectivity index (χ3v) is 3.73. The van der Waals surface area contributed by atoms with Crippen LogP contribution < -0.4 is 5.32 Å². The van der Waals surface area contributed by atoms with Crippen molar-refractivity contribution in [2.24, 2.45) is 11.3 Å². The lowest BCUT2D eigenvalue weighted by molar-refractivity contribution is 0.0707. The summed E-state index contributed by atoms with van der Waals surface area (Å²) in [6.07, 6.45) is 6.66. The minimum atomic E-state index is -0.511. The van der Waals surface area contributed by atoms with E-state index in [2.05, 4.69) is 5.32 Å². The molecule has 0 aromatic rings. The van der Waals surface area contributed by atoms with Gasteiger partial charge in [0.1, 0.15) is 0 Å². The Labute approximate surface area is 87.1 Å². The number of nitrogens with one attached hydrogen (secondary N) is 1. The maximum absolute atomic E-state index is 9.54. The number of rotatable bonds is 6. The lowest BCUT2D eigenvalue weighted by Gasteiger charge is -2.19. The van der Waals surface area contributed by atoms with E-state index in [9.17, 15) is 5.11 Å². The molecule has 0 unspecified atom stereocenters. The van der Waals surface area contributed by atoms with E-state index in [4.69, 9.17) is 0 Å². The van der Waals surface area contributed by atoms with E-state index in [0.717, 1.165) is 18.9 Å². The van der Waals surface area contributed by atoms with E-state index >= 15 is 0 Å². The van der Waals surface area contributed by atoms with Gasteiger partial charge >= 0.3 is 0 Å². The van der Waals surface area contributed by atoms with Gasteiger partial charge in [0.2, 0.25) is 0 Å². The molecule has 0 saturated heterocycles. The van der Waals surface area contributed by atoms with Gasteiger partial charge in [-0.3, -0.25) is 0 Å². The van der Waals surface area contributed by atoms with E-state index in [1.807, 2.05) is 13.8 Å². The maximum atomic E-state index is 9.54. The fraction of sp³-hybridized carbons (Fsp3) is 1.00. The van der Waals surface area contributed by atoms with Crippen molar-refractivity contribution in [3.05, 3.63) is 0 Å². The van der Waals surface area contributed by atoms with Crippen LogP contribution in [0.5, 0.6) is 0 Å². The molecule has 2 rings (SSSR count). The van der Waals surface area contributed by atoms with Gasteiger partial charge in [-0.1, -0.05) is 0 Å². The Kier molecular flexibility index (Phi) is 2.61. The summed E-state index contributed by atoms with van der Waals surface area (Å²) in [6.45, 7) is 5.90. The highest BCUT2D eigenvalue weighted by Gasteiger charge is 2.53. The van der Waals surface area contributed by atoms with Crippen molar-refractivity contribution in [2.45, 2.75) is 51.6 Å². The number of aliphatic hydroxyl groups is 1. The molecule has 0 heterocycles. The molecule has 2 N–H and O–H groups in total. The maximum Gasteiger partial charge on any atom is 0.0603 e. The highest BCUT2D eigenvalue weighted by Crippen LogP contribution is 2.60. The Morgan fingerprint density at radius 1 is 1.36 bits per heavy atom. The van der Waals surface area contributed by atoms with Crippen LogP contribution in [0.2, 0.25) is 0 Å². The Hall–Kier alpha value is -0.0800. The minimum Gasteiger partial charge on any atom is -0.390 e. The van der Waals surface area contributed by atoms with Crippen LogP contribution >= 0.6 is 0 Å². The predicted octanol–water partition coefficient (Wildman–Crippen LogP) is 1.93. The van der Waals surface area contributed by atoms with Gasteiger partial charge in [-0.05, 0) is 63.8 Å². The third kappa shape index (κ3) is 2.71. The molecule has 2 fully saturated rings. The quantitative estimate of drug-likeness (QED) is 0.638. The van der Waals surface area contributed by atoms with Gasteiger partial charge in [0.15, 0.2) is 0 Å². The fourth-order valence-electron chi connectivity index (χ4n) is 2.32. The zero-order valence-corrected chi connectivity index (χ0v) is 9.47. The molecule has 0 aromatic heterocycles. The second-order valence-electron chi connectivity index (χ2n) is 5.88. The number of hydrogen-bond donors (Lipinski definition) is 2. The van der Waals surface area contributed by atoms with Crippen molar-refractivity contribution in [1.29, 1.82) is 0 Å². The average Bonchev–Trinajstić information content (AvgIpc) is 2.87. The molecule has 14 heavy (non-hydrogen) atoms. The average molecular weight is 197 g/mol. The summed E-state index contributed by atoms with van der Waals surface area (Å²) in [5.74, 6) is 1.04. The molecule has 2 heteroatoms. The lowest BCUT2D eigenvalue weighted by atomic mass is 10.0. The zero-order valence-electron chi connectivity index (χ0n) is 9.47. The zero-order chi connectivity index (χ0) is 10.2. The van der Waals surface area contributed by atoms with E-state index in [1.54, 1.807) is 0 Å². The molecule has 82 valence electrons. The molecule has 0 radical (unpaired) electrons. The van der Waals surface area contributed by atoms with Crippen LogP contribution in [0.25, 0.3) is 0 Å². The molecule has 0 bridgehead atoms. The first-order valence-corrected chi connectivity index (χ1v) is 5.95. The fourth-order valence-corrected chi connectivity index (χ4v) is 2.32. The SMILES string of the molecule is CC(C)(O)CCNCC1(C2CC2)CC1. The second-order valence-corrected chi connectivity index (χ2v) is 5.88.